The molecular formula is C18H28ClNO2. The number of hydrogen-bond donors (Lipinski definition) is 2. The van der Waals surface area contributed by atoms with Crippen molar-refractivity contribution in [2.24, 2.45) is 11.8 Å². The van der Waals surface area contributed by atoms with Crippen LogP contribution in [-0.2, 0) is 11.3 Å². The zero-order valence-corrected chi connectivity index (χ0v) is 14.4. The molecule has 4 atom stereocenters. The Labute approximate surface area is 139 Å². The van der Waals surface area contributed by atoms with E-state index in [1.807, 2.05) is 24.3 Å². The van der Waals surface area contributed by atoms with Gasteiger partial charge in [-0.3, -0.25) is 0 Å². The Morgan fingerprint density at radius 1 is 1.32 bits per heavy atom. The van der Waals surface area contributed by atoms with Gasteiger partial charge in [0.2, 0.25) is 0 Å². The first-order valence-corrected chi connectivity index (χ1v) is 8.68. The van der Waals surface area contributed by atoms with E-state index >= 15 is 0 Å². The van der Waals surface area contributed by atoms with E-state index in [2.05, 4.69) is 19.2 Å². The van der Waals surface area contributed by atoms with Crippen LogP contribution in [0.15, 0.2) is 24.3 Å². The molecule has 2 rings (SSSR count). The SMILES string of the molecule is C[C@H]1[C@H](C)CCC[C@@H]1NC[C@@H](O)COCc1ccccc1Cl. The van der Waals surface area contributed by atoms with Crippen molar-refractivity contribution in [3.63, 3.8) is 0 Å². The summed E-state index contributed by atoms with van der Waals surface area (Å²) in [4.78, 5) is 0. The summed E-state index contributed by atoms with van der Waals surface area (Å²) in [5, 5.41) is 14.3. The van der Waals surface area contributed by atoms with Gasteiger partial charge < -0.3 is 15.2 Å². The number of ether oxygens (including phenoxy) is 1. The molecule has 0 heterocycles. The van der Waals surface area contributed by atoms with E-state index in [9.17, 15) is 5.11 Å². The summed E-state index contributed by atoms with van der Waals surface area (Å²) < 4.78 is 5.58. The van der Waals surface area contributed by atoms with Crippen molar-refractivity contribution in [1.82, 2.24) is 5.32 Å². The standard InChI is InChI=1S/C18H28ClNO2/c1-13-6-5-9-18(14(13)2)20-10-16(21)12-22-11-15-7-3-4-8-17(15)19/h3-4,7-8,13-14,16,18,20-21H,5-6,9-12H2,1-2H3/t13-,14+,16-,18+/m1/s1. The monoisotopic (exact) mass is 325 g/mol. The second kappa shape index (κ2) is 8.88. The maximum Gasteiger partial charge on any atom is 0.0897 e. The Morgan fingerprint density at radius 3 is 2.86 bits per heavy atom. The Bertz CT molecular complexity index is 454. The molecule has 22 heavy (non-hydrogen) atoms. The van der Waals surface area contributed by atoms with E-state index < -0.39 is 6.10 Å². The summed E-state index contributed by atoms with van der Waals surface area (Å²) in [5.41, 5.74) is 0.957. The molecule has 0 aromatic heterocycles. The molecule has 1 fully saturated rings. The van der Waals surface area contributed by atoms with Gasteiger partial charge in [-0.25, -0.2) is 0 Å². The second-order valence-corrected chi connectivity index (χ2v) is 6.95. The van der Waals surface area contributed by atoms with Gasteiger partial charge in [0, 0.05) is 17.6 Å². The van der Waals surface area contributed by atoms with Crippen molar-refractivity contribution < 1.29 is 9.84 Å². The average Bonchev–Trinajstić information content (AvgIpc) is 2.51. The first-order chi connectivity index (χ1) is 10.6. The van der Waals surface area contributed by atoms with E-state index in [4.69, 9.17) is 16.3 Å². The van der Waals surface area contributed by atoms with E-state index in [0.717, 1.165) is 11.5 Å². The average molecular weight is 326 g/mol. The number of hydrogen-bond acceptors (Lipinski definition) is 3. The van der Waals surface area contributed by atoms with Gasteiger partial charge >= 0.3 is 0 Å². The Balaban J connectivity index is 1.66. The molecular weight excluding hydrogens is 298 g/mol. The van der Waals surface area contributed by atoms with Crippen LogP contribution in [0.1, 0.15) is 38.7 Å². The van der Waals surface area contributed by atoms with Gasteiger partial charge in [0.15, 0.2) is 0 Å². The number of rotatable bonds is 7. The summed E-state index contributed by atoms with van der Waals surface area (Å²) >= 11 is 6.08. The molecule has 0 spiro atoms. The lowest BCUT2D eigenvalue weighted by Gasteiger charge is -2.35. The first-order valence-electron chi connectivity index (χ1n) is 8.30. The maximum absolute atomic E-state index is 10.1. The highest BCUT2D eigenvalue weighted by Crippen LogP contribution is 2.29. The molecule has 1 aliphatic carbocycles. The van der Waals surface area contributed by atoms with Crippen LogP contribution < -0.4 is 5.32 Å². The molecule has 1 aromatic carbocycles. The van der Waals surface area contributed by atoms with Crippen LogP contribution in [0.3, 0.4) is 0 Å². The van der Waals surface area contributed by atoms with E-state index in [-0.39, 0.29) is 0 Å². The quantitative estimate of drug-likeness (QED) is 0.804. The van der Waals surface area contributed by atoms with Gasteiger partial charge in [-0.05, 0) is 29.9 Å². The van der Waals surface area contributed by atoms with E-state index in [1.54, 1.807) is 0 Å². The Kier molecular flexibility index (Phi) is 7.16. The minimum absolute atomic E-state index is 0.328. The smallest absolute Gasteiger partial charge is 0.0897 e. The van der Waals surface area contributed by atoms with Gasteiger partial charge in [-0.2, -0.15) is 0 Å². The van der Waals surface area contributed by atoms with Crippen LogP contribution in [0.25, 0.3) is 0 Å². The van der Waals surface area contributed by atoms with Crippen molar-refractivity contribution in [2.45, 2.75) is 51.9 Å². The summed E-state index contributed by atoms with van der Waals surface area (Å²) in [6.45, 7) is 5.98. The maximum atomic E-state index is 10.1. The number of benzene rings is 1. The van der Waals surface area contributed by atoms with Crippen molar-refractivity contribution in [1.29, 1.82) is 0 Å². The molecule has 0 unspecified atom stereocenters. The molecule has 1 aliphatic rings. The number of aliphatic hydroxyl groups excluding tert-OH is 1. The predicted molar refractivity (Wildman–Crippen MR) is 91.1 cm³/mol. The molecule has 124 valence electrons. The van der Waals surface area contributed by atoms with Crippen LogP contribution in [0, 0.1) is 11.8 Å². The molecule has 0 aliphatic heterocycles. The molecule has 0 radical (unpaired) electrons. The number of halogens is 1. The zero-order chi connectivity index (χ0) is 15.9. The molecule has 4 heteroatoms. The molecule has 0 bridgehead atoms. The second-order valence-electron chi connectivity index (χ2n) is 6.54. The van der Waals surface area contributed by atoms with Gasteiger partial charge in [0.05, 0.1) is 19.3 Å². The predicted octanol–water partition coefficient (Wildman–Crippen LogP) is 3.63. The number of nitrogens with one attached hydrogen (secondary N) is 1. The largest absolute Gasteiger partial charge is 0.389 e. The fourth-order valence-corrected chi connectivity index (χ4v) is 3.33. The topological polar surface area (TPSA) is 41.5 Å². The van der Waals surface area contributed by atoms with Crippen LogP contribution in [-0.4, -0.2) is 30.4 Å². The highest BCUT2D eigenvalue weighted by atomic mass is 35.5. The van der Waals surface area contributed by atoms with Crippen LogP contribution >= 0.6 is 11.6 Å². The normalized spacial score (nSPS) is 26.8. The lowest BCUT2D eigenvalue weighted by Crippen LogP contribution is -2.44. The Morgan fingerprint density at radius 2 is 2.09 bits per heavy atom. The Hall–Kier alpha value is -0.610. The molecule has 3 nitrogen and oxygen atoms in total. The van der Waals surface area contributed by atoms with E-state index in [0.29, 0.717) is 36.7 Å². The number of aliphatic hydroxyl groups is 1. The van der Waals surface area contributed by atoms with Crippen molar-refractivity contribution in [3.05, 3.63) is 34.9 Å². The third-order valence-corrected chi connectivity index (χ3v) is 5.22. The molecule has 0 saturated heterocycles. The van der Waals surface area contributed by atoms with E-state index in [1.165, 1.54) is 19.3 Å². The van der Waals surface area contributed by atoms with Gasteiger partial charge in [-0.15, -0.1) is 0 Å². The van der Waals surface area contributed by atoms with Gasteiger partial charge in [-0.1, -0.05) is 56.5 Å². The zero-order valence-electron chi connectivity index (χ0n) is 13.6. The van der Waals surface area contributed by atoms with Crippen LogP contribution in [0.2, 0.25) is 5.02 Å². The van der Waals surface area contributed by atoms with Crippen LogP contribution in [0.5, 0.6) is 0 Å². The molecule has 1 aromatic rings. The van der Waals surface area contributed by atoms with Crippen LogP contribution in [0.4, 0.5) is 0 Å². The highest BCUT2D eigenvalue weighted by Gasteiger charge is 2.26. The third kappa shape index (κ3) is 5.24. The minimum Gasteiger partial charge on any atom is -0.389 e. The lowest BCUT2D eigenvalue weighted by molar-refractivity contribution is 0.0251. The highest BCUT2D eigenvalue weighted by molar-refractivity contribution is 6.31. The fraction of sp³-hybridized carbons (Fsp3) is 0.667. The fourth-order valence-electron chi connectivity index (χ4n) is 3.14. The van der Waals surface area contributed by atoms with Gasteiger partial charge in [0.1, 0.15) is 0 Å². The lowest BCUT2D eigenvalue weighted by atomic mass is 9.78. The summed E-state index contributed by atoms with van der Waals surface area (Å²) in [5.74, 6) is 1.44. The summed E-state index contributed by atoms with van der Waals surface area (Å²) in [7, 11) is 0. The molecule has 2 N–H and O–H groups in total. The van der Waals surface area contributed by atoms with Crippen molar-refractivity contribution >= 4 is 11.6 Å². The third-order valence-electron chi connectivity index (χ3n) is 4.85. The minimum atomic E-state index is -0.480. The molecule has 1 saturated carbocycles. The first kappa shape index (κ1) is 17.7. The van der Waals surface area contributed by atoms with Gasteiger partial charge in [0.25, 0.3) is 0 Å². The summed E-state index contributed by atoms with van der Waals surface area (Å²) in [6.07, 6.45) is 3.33. The van der Waals surface area contributed by atoms with Crippen molar-refractivity contribution in [2.75, 3.05) is 13.2 Å². The molecule has 0 amide bonds. The van der Waals surface area contributed by atoms with Crippen molar-refractivity contribution in [3.8, 4) is 0 Å². The summed E-state index contributed by atoms with van der Waals surface area (Å²) in [6, 6.07) is 8.15.